The molecule has 3 amide bonds. The summed E-state index contributed by atoms with van der Waals surface area (Å²) in [7, 11) is 1.42. The topological polar surface area (TPSA) is 136 Å². The van der Waals surface area contributed by atoms with Crippen molar-refractivity contribution in [2.75, 3.05) is 26.7 Å². The Hall–Kier alpha value is -1.35. The monoisotopic (exact) mass is 584 g/mol. The van der Waals surface area contributed by atoms with E-state index in [1.54, 1.807) is 24.3 Å². The Morgan fingerprint density at radius 2 is 1.77 bits per heavy atom. The molecule has 179 valence electrons. The van der Waals surface area contributed by atoms with Crippen molar-refractivity contribution in [2.45, 2.75) is 51.4 Å². The molecule has 0 aromatic heterocycles. The van der Waals surface area contributed by atoms with E-state index in [9.17, 15) is 14.4 Å². The minimum Gasteiger partial charge on any atom is -0.656 e. The number of hydrogen-bond donors (Lipinski definition) is 4. The van der Waals surface area contributed by atoms with Crippen LogP contribution in [0.25, 0.3) is 5.32 Å². The second kappa shape index (κ2) is 18.2. The number of rotatable bonds is 10. The first-order valence-electron chi connectivity index (χ1n) is 10.6. The number of carbonyl (C=O) groups is 3. The molecule has 1 radical (unpaired) electrons. The largest absolute Gasteiger partial charge is 0.656 e. The smallest absolute Gasteiger partial charge is 0.220 e. The molecule has 1 aliphatic rings. The van der Waals surface area contributed by atoms with Crippen molar-refractivity contribution in [3.05, 3.63) is 35.1 Å². The van der Waals surface area contributed by atoms with Crippen LogP contribution in [0.2, 0.25) is 0 Å². The summed E-state index contributed by atoms with van der Waals surface area (Å²) >= 11 is 0. The molecule has 9 heteroatoms. The van der Waals surface area contributed by atoms with E-state index in [-0.39, 0.29) is 74.1 Å². The minimum absolute atomic E-state index is 0. The maximum Gasteiger partial charge on any atom is 0.220 e. The van der Waals surface area contributed by atoms with Crippen molar-refractivity contribution in [3.63, 3.8) is 0 Å². The van der Waals surface area contributed by atoms with Gasteiger partial charge < -0.3 is 31.6 Å². The van der Waals surface area contributed by atoms with Crippen molar-refractivity contribution in [1.29, 1.82) is 0 Å². The molecule has 5 N–H and O–H groups in total. The number of aromatic hydroxyl groups is 1. The van der Waals surface area contributed by atoms with Gasteiger partial charge in [0.15, 0.2) is 0 Å². The van der Waals surface area contributed by atoms with Gasteiger partial charge >= 0.3 is 0 Å². The number of primary amides is 1. The first-order valence-corrected chi connectivity index (χ1v) is 10.6. The molecule has 0 aliphatic carbocycles. The molecule has 0 spiro atoms. The molecule has 1 heterocycles. The van der Waals surface area contributed by atoms with Crippen LogP contribution in [-0.2, 0) is 20.8 Å². The van der Waals surface area contributed by atoms with Crippen molar-refractivity contribution >= 4 is 17.7 Å². The average molecular weight is 584 g/mol. The fourth-order valence-electron chi connectivity index (χ4n) is 3.16. The number of amides is 3. The summed E-state index contributed by atoms with van der Waals surface area (Å²) in [5, 5.41) is 18.6. The second-order valence-electron chi connectivity index (χ2n) is 7.44. The van der Waals surface area contributed by atoms with Crippen LogP contribution in [0.15, 0.2) is 24.3 Å². The van der Waals surface area contributed by atoms with Gasteiger partial charge in [-0.05, 0) is 75.2 Å². The van der Waals surface area contributed by atoms with Crippen molar-refractivity contribution in [1.82, 2.24) is 10.6 Å². The number of phenols is 1. The molecular formula is C22H35HoN4O4-. The number of nitrogens with one attached hydrogen (secondary N) is 2. The van der Waals surface area contributed by atoms with E-state index in [1.165, 1.54) is 26.3 Å². The van der Waals surface area contributed by atoms with Crippen LogP contribution in [0.5, 0.6) is 5.75 Å². The SMILES string of the molecule is C[N-]C(=O)CCC(=O)NCCc1ccc(O)cc1.NC(=O)CCCC1CCNCC1.[Ho]. The van der Waals surface area contributed by atoms with Crippen molar-refractivity contribution < 1.29 is 57.2 Å². The number of nitrogens with two attached hydrogens (primary N) is 1. The van der Waals surface area contributed by atoms with E-state index in [1.807, 2.05) is 0 Å². The Kier molecular flexibility index (Phi) is 17.4. The van der Waals surface area contributed by atoms with Crippen molar-refractivity contribution in [3.8, 4) is 5.75 Å². The maximum atomic E-state index is 11.4. The van der Waals surface area contributed by atoms with Crippen molar-refractivity contribution in [2.24, 2.45) is 11.7 Å². The zero-order chi connectivity index (χ0) is 22.2. The zero-order valence-electron chi connectivity index (χ0n) is 18.2. The van der Waals surface area contributed by atoms with E-state index in [2.05, 4.69) is 16.0 Å². The van der Waals surface area contributed by atoms with Gasteiger partial charge in [-0.15, -0.1) is 7.05 Å². The third-order valence-corrected chi connectivity index (χ3v) is 4.98. The summed E-state index contributed by atoms with van der Waals surface area (Å²) in [6, 6.07) is 6.83. The van der Waals surface area contributed by atoms with Crippen LogP contribution < -0.4 is 16.4 Å². The van der Waals surface area contributed by atoms with Gasteiger partial charge in [-0.25, -0.2) is 0 Å². The number of benzene rings is 1. The van der Waals surface area contributed by atoms with Gasteiger partial charge in [0.25, 0.3) is 0 Å². The Labute approximate surface area is 215 Å². The molecule has 0 bridgehead atoms. The van der Waals surface area contributed by atoms with Gasteiger partial charge in [-0.2, -0.15) is 0 Å². The van der Waals surface area contributed by atoms with Crippen LogP contribution in [0, 0.1) is 43.7 Å². The molecule has 0 unspecified atom stereocenters. The zero-order valence-corrected chi connectivity index (χ0v) is 20.1. The maximum absolute atomic E-state index is 11.4. The van der Waals surface area contributed by atoms with Crippen LogP contribution in [0.3, 0.4) is 0 Å². The third-order valence-electron chi connectivity index (χ3n) is 4.98. The number of carbonyl (C=O) groups excluding carboxylic acids is 3. The standard InChI is InChI=1S/C13H18N2O3.C9H18N2O.Ho/c1-14-12(17)6-7-13(18)15-9-8-10-2-4-11(16)5-3-10;10-9(12)3-1-2-8-4-6-11-7-5-8;/h2-5H,6-9H2,1H3,(H3,14,15,16,17,18);8,11H,1-7H2,(H2,10,12);/p-1. The van der Waals surface area contributed by atoms with Gasteiger partial charge in [0, 0.05) is 57.1 Å². The molecule has 1 aromatic carbocycles. The summed E-state index contributed by atoms with van der Waals surface area (Å²) in [5.41, 5.74) is 6.09. The predicted molar refractivity (Wildman–Crippen MR) is 117 cm³/mol. The molecule has 1 aliphatic heterocycles. The Bertz CT molecular complexity index is 649. The molecule has 0 atom stereocenters. The summed E-state index contributed by atoms with van der Waals surface area (Å²) in [4.78, 5) is 32.7. The predicted octanol–water partition coefficient (Wildman–Crippen LogP) is 2.00. The summed E-state index contributed by atoms with van der Waals surface area (Å²) < 4.78 is 0. The summed E-state index contributed by atoms with van der Waals surface area (Å²) in [6.45, 7) is 2.80. The molecule has 0 saturated carbocycles. The number of phenolic OH excluding ortho intramolecular Hbond substituents is 1. The number of hydrogen-bond acceptors (Lipinski definition) is 5. The first-order chi connectivity index (χ1) is 14.4. The van der Waals surface area contributed by atoms with E-state index in [0.717, 1.165) is 31.0 Å². The minimum atomic E-state index is -0.260. The average Bonchev–Trinajstić information content (AvgIpc) is 2.74. The van der Waals surface area contributed by atoms with E-state index < -0.39 is 0 Å². The Morgan fingerprint density at radius 3 is 2.35 bits per heavy atom. The van der Waals surface area contributed by atoms with Crippen LogP contribution >= 0.6 is 0 Å². The van der Waals surface area contributed by atoms with Gasteiger partial charge in [0.1, 0.15) is 5.75 Å². The van der Waals surface area contributed by atoms with E-state index in [0.29, 0.717) is 19.4 Å². The van der Waals surface area contributed by atoms with E-state index >= 15 is 0 Å². The molecule has 1 fully saturated rings. The second-order valence-corrected chi connectivity index (χ2v) is 7.44. The van der Waals surface area contributed by atoms with Gasteiger partial charge in [-0.1, -0.05) is 12.1 Å². The summed E-state index contributed by atoms with van der Waals surface area (Å²) in [5.74, 6) is 0.480. The van der Waals surface area contributed by atoms with Crippen LogP contribution in [0.1, 0.15) is 50.5 Å². The molecule has 1 aromatic rings. The first kappa shape index (κ1) is 29.6. The van der Waals surface area contributed by atoms with Gasteiger partial charge in [0.2, 0.25) is 11.8 Å². The number of nitrogens with zero attached hydrogens (tertiary/aromatic N) is 1. The molecule has 1 saturated heterocycles. The molecular weight excluding hydrogens is 549 g/mol. The van der Waals surface area contributed by atoms with Gasteiger partial charge in [0.05, 0.1) is 5.91 Å². The van der Waals surface area contributed by atoms with Crippen LogP contribution in [-0.4, -0.2) is 49.5 Å². The molecule has 8 nitrogen and oxygen atoms in total. The molecule has 31 heavy (non-hydrogen) atoms. The Balaban J connectivity index is 0.000000605. The quantitative estimate of drug-likeness (QED) is 0.312. The number of piperidine rings is 1. The molecule has 2 rings (SSSR count). The normalized spacial score (nSPS) is 13.2. The summed E-state index contributed by atoms with van der Waals surface area (Å²) in [6.07, 6.45) is 6.25. The van der Waals surface area contributed by atoms with E-state index in [4.69, 9.17) is 10.8 Å². The van der Waals surface area contributed by atoms with Gasteiger partial charge in [-0.3, -0.25) is 9.59 Å². The Morgan fingerprint density at radius 1 is 1.13 bits per heavy atom. The fourth-order valence-corrected chi connectivity index (χ4v) is 3.16. The third kappa shape index (κ3) is 16.0. The fraction of sp³-hybridized carbons (Fsp3) is 0.591. The van der Waals surface area contributed by atoms with Crippen LogP contribution in [0.4, 0.5) is 0 Å².